The first-order valence-electron chi connectivity index (χ1n) is 13.7. The normalized spacial score (nSPS) is 24.6. The first-order chi connectivity index (χ1) is 17.4. The van der Waals surface area contributed by atoms with Gasteiger partial charge >= 0.3 is 0 Å². The molecule has 0 radical (unpaired) electrons. The van der Waals surface area contributed by atoms with Gasteiger partial charge in [0.05, 0.1) is 5.66 Å². The van der Waals surface area contributed by atoms with Crippen LogP contribution < -0.4 is 0 Å². The third-order valence-corrected chi connectivity index (χ3v) is 10.9. The fourth-order valence-corrected chi connectivity index (χ4v) is 9.99. The molecule has 37 heavy (non-hydrogen) atoms. The molecular formula is C33H45N2OP. The van der Waals surface area contributed by atoms with Gasteiger partial charge in [-0.1, -0.05) is 133 Å². The Bertz CT molecular complexity index is 1110. The predicted octanol–water partition coefficient (Wildman–Crippen LogP) is 9.52. The molecule has 0 saturated carbocycles. The van der Waals surface area contributed by atoms with Gasteiger partial charge < -0.3 is 0 Å². The van der Waals surface area contributed by atoms with Crippen molar-refractivity contribution in [3.63, 3.8) is 0 Å². The Kier molecular flexibility index (Phi) is 8.19. The van der Waals surface area contributed by atoms with Crippen molar-refractivity contribution in [2.45, 2.75) is 72.6 Å². The maximum Gasteiger partial charge on any atom is 0.224 e. The summed E-state index contributed by atoms with van der Waals surface area (Å²) in [5, 5.41) is 0. The first kappa shape index (κ1) is 27.8. The second-order valence-corrected chi connectivity index (χ2v) is 16.1. The minimum Gasteiger partial charge on any atom is -0.288 e. The van der Waals surface area contributed by atoms with Gasteiger partial charge in [-0.2, -0.15) is 0 Å². The van der Waals surface area contributed by atoms with Crippen molar-refractivity contribution in [1.82, 2.24) is 9.34 Å². The maximum absolute atomic E-state index is 16.2. The highest BCUT2D eigenvalue weighted by Crippen LogP contribution is 2.73. The molecule has 3 aromatic rings. The summed E-state index contributed by atoms with van der Waals surface area (Å²) in [5.74, 6) is 0. The van der Waals surface area contributed by atoms with Gasteiger partial charge in [0, 0.05) is 25.2 Å². The van der Waals surface area contributed by atoms with Crippen LogP contribution in [0.15, 0.2) is 91.0 Å². The molecule has 1 heterocycles. The van der Waals surface area contributed by atoms with Crippen LogP contribution in [0.4, 0.5) is 0 Å². The first-order valence-corrected chi connectivity index (χ1v) is 15.4. The second-order valence-electron chi connectivity index (χ2n) is 13.1. The molecule has 1 fully saturated rings. The molecule has 3 aromatic carbocycles. The van der Waals surface area contributed by atoms with Gasteiger partial charge in [-0.25, -0.2) is 9.34 Å². The van der Waals surface area contributed by atoms with E-state index in [1.807, 2.05) is 6.07 Å². The van der Waals surface area contributed by atoms with Gasteiger partial charge in [-0.05, 0) is 40.9 Å². The van der Waals surface area contributed by atoms with E-state index in [1.54, 1.807) is 0 Å². The molecule has 0 bridgehead atoms. The molecule has 0 aliphatic carbocycles. The summed E-state index contributed by atoms with van der Waals surface area (Å²) in [5.41, 5.74) is 3.51. The number of nitrogens with zero attached hydrogens (tertiary/aromatic N) is 2. The third-order valence-electron chi connectivity index (χ3n) is 7.33. The largest absolute Gasteiger partial charge is 0.288 e. The topological polar surface area (TPSA) is 23.6 Å². The zero-order valence-electron chi connectivity index (χ0n) is 23.8. The Hall–Kier alpha value is -2.19. The van der Waals surface area contributed by atoms with Crippen molar-refractivity contribution in [2.75, 3.05) is 13.1 Å². The fourth-order valence-electron chi connectivity index (χ4n) is 5.73. The lowest BCUT2D eigenvalue weighted by molar-refractivity contribution is 0.111. The number of rotatable bonds is 6. The van der Waals surface area contributed by atoms with Crippen LogP contribution in [0.5, 0.6) is 0 Å². The fraction of sp³-hybridized carbons (Fsp3) is 0.455. The predicted molar refractivity (Wildman–Crippen MR) is 158 cm³/mol. The van der Waals surface area contributed by atoms with Crippen LogP contribution in [0.25, 0.3) is 0 Å². The van der Waals surface area contributed by atoms with E-state index in [4.69, 9.17) is 0 Å². The lowest BCUT2D eigenvalue weighted by atomic mass is 9.90. The highest BCUT2D eigenvalue weighted by Gasteiger charge is 2.54. The zero-order chi connectivity index (χ0) is 26.8. The second kappa shape index (κ2) is 10.9. The molecule has 4 rings (SSSR count). The Labute approximate surface area is 225 Å². The molecule has 0 aromatic heterocycles. The summed E-state index contributed by atoms with van der Waals surface area (Å²) in [7, 11) is -3.12. The summed E-state index contributed by atoms with van der Waals surface area (Å²) in [4.78, 5) is 0. The van der Waals surface area contributed by atoms with Crippen molar-refractivity contribution in [3.05, 3.63) is 108 Å². The number of hydrogen-bond acceptors (Lipinski definition) is 1. The van der Waals surface area contributed by atoms with Crippen molar-refractivity contribution in [2.24, 2.45) is 10.8 Å². The monoisotopic (exact) mass is 516 g/mol. The minimum atomic E-state index is -3.12. The molecular weight excluding hydrogens is 471 g/mol. The summed E-state index contributed by atoms with van der Waals surface area (Å²) < 4.78 is 21.0. The third kappa shape index (κ3) is 6.28. The smallest absolute Gasteiger partial charge is 0.224 e. The quantitative estimate of drug-likeness (QED) is 0.305. The molecule has 3 atom stereocenters. The van der Waals surface area contributed by atoms with Crippen molar-refractivity contribution in [3.8, 4) is 0 Å². The van der Waals surface area contributed by atoms with Crippen LogP contribution in [0.1, 0.15) is 89.3 Å². The van der Waals surface area contributed by atoms with E-state index in [-0.39, 0.29) is 28.6 Å². The lowest BCUT2D eigenvalue weighted by Crippen LogP contribution is -2.48. The molecule has 0 spiro atoms. The summed E-state index contributed by atoms with van der Waals surface area (Å²) in [6.07, 6.45) is 0.908. The molecule has 1 saturated heterocycles. The highest BCUT2D eigenvalue weighted by atomic mass is 31.2. The van der Waals surface area contributed by atoms with Gasteiger partial charge in [0.1, 0.15) is 0 Å². The van der Waals surface area contributed by atoms with Crippen molar-refractivity contribution in [1.29, 1.82) is 0 Å². The molecule has 1 aliphatic rings. The van der Waals surface area contributed by atoms with Crippen LogP contribution in [-0.2, 0) is 4.57 Å². The average molecular weight is 517 g/mol. The van der Waals surface area contributed by atoms with Gasteiger partial charge in [0.15, 0.2) is 0 Å². The summed E-state index contributed by atoms with van der Waals surface area (Å²) >= 11 is 0. The van der Waals surface area contributed by atoms with Crippen molar-refractivity contribution < 1.29 is 4.57 Å². The zero-order valence-corrected chi connectivity index (χ0v) is 24.7. The van der Waals surface area contributed by atoms with Gasteiger partial charge in [0.25, 0.3) is 0 Å². The van der Waals surface area contributed by atoms with Crippen LogP contribution >= 0.6 is 7.44 Å². The molecule has 3 unspecified atom stereocenters. The number of hydrogen-bond donors (Lipinski definition) is 0. The summed E-state index contributed by atoms with van der Waals surface area (Å²) in [6, 6.07) is 32.2. The number of benzene rings is 3. The maximum atomic E-state index is 16.2. The van der Waals surface area contributed by atoms with Gasteiger partial charge in [-0.15, -0.1) is 0 Å². The van der Waals surface area contributed by atoms with Crippen LogP contribution in [-0.4, -0.2) is 22.4 Å². The van der Waals surface area contributed by atoms with E-state index in [2.05, 4.69) is 143 Å². The lowest BCUT2D eigenvalue weighted by Gasteiger charge is -2.56. The SMILES string of the molecule is CC(c1ccccc1)P1(=O)N(CC(C)(C)C)C(c2ccccc2)CC(c2ccccc2)N1CC(C)(C)C. The van der Waals surface area contributed by atoms with Gasteiger partial charge in [-0.3, -0.25) is 4.57 Å². The van der Waals surface area contributed by atoms with E-state index in [0.29, 0.717) is 0 Å². The van der Waals surface area contributed by atoms with Crippen LogP contribution in [0, 0.1) is 10.8 Å². The molecule has 0 amide bonds. The molecule has 0 N–H and O–H groups in total. The molecule has 4 heteroatoms. The van der Waals surface area contributed by atoms with Crippen LogP contribution in [0.3, 0.4) is 0 Å². The summed E-state index contributed by atoms with van der Waals surface area (Å²) in [6.45, 7) is 17.3. The Balaban J connectivity index is 1.99. The Morgan fingerprint density at radius 2 is 1.03 bits per heavy atom. The molecule has 3 nitrogen and oxygen atoms in total. The van der Waals surface area contributed by atoms with Crippen LogP contribution in [0.2, 0.25) is 0 Å². The van der Waals surface area contributed by atoms with E-state index in [1.165, 1.54) is 11.1 Å². The van der Waals surface area contributed by atoms with E-state index in [9.17, 15) is 0 Å². The minimum absolute atomic E-state index is 0.00785. The van der Waals surface area contributed by atoms with E-state index < -0.39 is 7.44 Å². The average Bonchev–Trinajstić information content (AvgIpc) is 2.86. The Morgan fingerprint density at radius 1 is 0.676 bits per heavy atom. The molecule has 1 aliphatic heterocycles. The highest BCUT2D eigenvalue weighted by molar-refractivity contribution is 7.59. The Morgan fingerprint density at radius 3 is 1.38 bits per heavy atom. The van der Waals surface area contributed by atoms with E-state index >= 15 is 4.57 Å². The molecule has 198 valence electrons. The van der Waals surface area contributed by atoms with E-state index in [0.717, 1.165) is 25.1 Å². The van der Waals surface area contributed by atoms with Crippen molar-refractivity contribution >= 4 is 7.44 Å². The van der Waals surface area contributed by atoms with Gasteiger partial charge in [0.2, 0.25) is 7.44 Å². The standard InChI is InChI=1S/C33H45N2OP/c1-26(27-17-11-8-12-18-27)37(36)34(24-32(2,3)4)30(28-19-13-9-14-20-28)23-31(29-21-15-10-16-22-29)35(37)25-33(5,6)7/h8-22,26,30-31H,23-25H2,1-7H3.